The fraction of sp³-hybridized carbons (Fsp3) is 0.188. The fourth-order valence-corrected chi connectivity index (χ4v) is 3.26. The molecule has 0 saturated heterocycles. The van der Waals surface area contributed by atoms with E-state index in [0.29, 0.717) is 12.4 Å². The Kier molecular flexibility index (Phi) is 4.59. The predicted molar refractivity (Wildman–Crippen MR) is 89.7 cm³/mol. The summed E-state index contributed by atoms with van der Waals surface area (Å²) < 4.78 is 0.795. The molecule has 0 spiro atoms. The SMILES string of the molecule is Cc1c(CO)sc2c(N=NCc3ccc(C(=O)O)cc3)ncnc12. The number of carbonyl (C=O) groups is 1. The number of thiophene rings is 1. The first-order valence-corrected chi connectivity index (χ1v) is 7.95. The quantitative estimate of drug-likeness (QED) is 0.690. The van der Waals surface area contributed by atoms with Crippen LogP contribution in [0.25, 0.3) is 10.2 Å². The van der Waals surface area contributed by atoms with Gasteiger partial charge in [-0.2, -0.15) is 5.11 Å². The van der Waals surface area contributed by atoms with Crippen molar-refractivity contribution in [3.05, 3.63) is 52.2 Å². The van der Waals surface area contributed by atoms with Gasteiger partial charge in [-0.3, -0.25) is 0 Å². The Morgan fingerprint density at radius 2 is 2.00 bits per heavy atom. The second kappa shape index (κ2) is 6.81. The summed E-state index contributed by atoms with van der Waals surface area (Å²) in [5, 5.41) is 26.5. The lowest BCUT2D eigenvalue weighted by molar-refractivity contribution is 0.0697. The smallest absolute Gasteiger partial charge is 0.335 e. The molecule has 2 heterocycles. The number of nitrogens with zero attached hydrogens (tertiary/aromatic N) is 4. The van der Waals surface area contributed by atoms with Crippen molar-refractivity contribution in [2.75, 3.05) is 0 Å². The van der Waals surface area contributed by atoms with Crippen LogP contribution in [-0.4, -0.2) is 26.2 Å². The van der Waals surface area contributed by atoms with Crippen LogP contribution in [0.15, 0.2) is 40.8 Å². The van der Waals surface area contributed by atoms with Gasteiger partial charge in [0.2, 0.25) is 0 Å². The number of carboxylic acid groups (broad SMARTS) is 1. The summed E-state index contributed by atoms with van der Waals surface area (Å²) in [5.74, 6) is -0.491. The largest absolute Gasteiger partial charge is 0.478 e. The third kappa shape index (κ3) is 3.15. The highest BCUT2D eigenvalue weighted by Gasteiger charge is 2.12. The number of aryl methyl sites for hydroxylation is 1. The van der Waals surface area contributed by atoms with Crippen molar-refractivity contribution in [1.82, 2.24) is 9.97 Å². The molecular weight excluding hydrogens is 328 g/mol. The Balaban J connectivity index is 1.82. The van der Waals surface area contributed by atoms with Gasteiger partial charge in [-0.1, -0.05) is 12.1 Å². The summed E-state index contributed by atoms with van der Waals surface area (Å²) in [5.41, 5.74) is 2.80. The van der Waals surface area contributed by atoms with Crippen molar-refractivity contribution < 1.29 is 15.0 Å². The fourth-order valence-electron chi connectivity index (χ4n) is 2.22. The van der Waals surface area contributed by atoms with Gasteiger partial charge < -0.3 is 10.2 Å². The molecule has 3 aromatic rings. The van der Waals surface area contributed by atoms with Crippen molar-refractivity contribution in [1.29, 1.82) is 0 Å². The molecule has 7 nitrogen and oxygen atoms in total. The topological polar surface area (TPSA) is 108 Å². The van der Waals surface area contributed by atoms with Crippen LogP contribution in [0.2, 0.25) is 0 Å². The third-order valence-corrected chi connectivity index (χ3v) is 4.81. The van der Waals surface area contributed by atoms with Crippen LogP contribution >= 0.6 is 11.3 Å². The molecule has 3 rings (SSSR count). The van der Waals surface area contributed by atoms with E-state index in [4.69, 9.17) is 5.11 Å². The highest BCUT2D eigenvalue weighted by molar-refractivity contribution is 7.19. The van der Waals surface area contributed by atoms with E-state index < -0.39 is 5.97 Å². The minimum atomic E-state index is -0.959. The molecule has 0 aliphatic rings. The van der Waals surface area contributed by atoms with Crippen LogP contribution in [0.5, 0.6) is 0 Å². The number of benzene rings is 1. The van der Waals surface area contributed by atoms with Gasteiger partial charge >= 0.3 is 5.97 Å². The van der Waals surface area contributed by atoms with E-state index in [0.717, 1.165) is 26.2 Å². The molecule has 0 aliphatic heterocycles. The lowest BCUT2D eigenvalue weighted by Gasteiger charge is -1.98. The van der Waals surface area contributed by atoms with Gasteiger partial charge in [0.1, 0.15) is 6.33 Å². The predicted octanol–water partition coefficient (Wildman–Crippen LogP) is 3.47. The zero-order chi connectivity index (χ0) is 17.1. The Labute approximate surface area is 141 Å². The summed E-state index contributed by atoms with van der Waals surface area (Å²) in [6.07, 6.45) is 1.43. The number of carboxylic acids is 1. The molecule has 0 fully saturated rings. The van der Waals surface area contributed by atoms with E-state index in [1.54, 1.807) is 12.1 Å². The number of aliphatic hydroxyl groups is 1. The number of rotatable bonds is 5. The van der Waals surface area contributed by atoms with E-state index in [-0.39, 0.29) is 12.2 Å². The van der Waals surface area contributed by atoms with Gasteiger partial charge in [-0.15, -0.1) is 16.5 Å². The molecule has 1 aromatic carbocycles. The van der Waals surface area contributed by atoms with Crippen LogP contribution in [0, 0.1) is 6.92 Å². The number of aromatic nitrogens is 2. The van der Waals surface area contributed by atoms with Crippen LogP contribution in [-0.2, 0) is 13.2 Å². The Morgan fingerprint density at radius 1 is 1.25 bits per heavy atom. The van der Waals surface area contributed by atoms with Crippen LogP contribution < -0.4 is 0 Å². The molecule has 0 saturated carbocycles. The summed E-state index contributed by atoms with van der Waals surface area (Å²) in [4.78, 5) is 20.0. The molecule has 2 aromatic heterocycles. The van der Waals surface area contributed by atoms with Crippen LogP contribution in [0.4, 0.5) is 5.82 Å². The van der Waals surface area contributed by atoms with Gasteiger partial charge in [0.25, 0.3) is 0 Å². The molecule has 122 valence electrons. The molecule has 2 N–H and O–H groups in total. The monoisotopic (exact) mass is 342 g/mol. The van der Waals surface area contributed by atoms with E-state index in [1.165, 1.54) is 29.8 Å². The molecular formula is C16H14N4O3S. The second-order valence-electron chi connectivity index (χ2n) is 5.08. The lowest BCUT2D eigenvalue weighted by Crippen LogP contribution is -1.95. The number of hydrogen-bond acceptors (Lipinski definition) is 7. The van der Waals surface area contributed by atoms with Gasteiger partial charge in [0.15, 0.2) is 5.82 Å². The number of azo groups is 1. The van der Waals surface area contributed by atoms with Gasteiger partial charge in [-0.05, 0) is 30.2 Å². The molecule has 0 radical (unpaired) electrons. The summed E-state index contributed by atoms with van der Waals surface area (Å²) in [6.45, 7) is 2.18. The maximum atomic E-state index is 10.8. The van der Waals surface area contributed by atoms with Gasteiger partial charge in [0, 0.05) is 4.88 Å². The van der Waals surface area contributed by atoms with Crippen LogP contribution in [0.3, 0.4) is 0 Å². The maximum absolute atomic E-state index is 10.8. The lowest BCUT2D eigenvalue weighted by atomic mass is 10.1. The first-order chi connectivity index (χ1) is 11.6. The summed E-state index contributed by atoms with van der Waals surface area (Å²) in [7, 11) is 0. The minimum Gasteiger partial charge on any atom is -0.478 e. The van der Waals surface area contributed by atoms with Gasteiger partial charge in [0.05, 0.1) is 28.9 Å². The Morgan fingerprint density at radius 3 is 2.67 bits per heavy atom. The molecule has 0 aliphatic carbocycles. The first-order valence-electron chi connectivity index (χ1n) is 7.13. The number of aromatic carboxylic acids is 1. The van der Waals surface area contributed by atoms with E-state index in [1.807, 2.05) is 6.92 Å². The molecule has 0 amide bonds. The second-order valence-corrected chi connectivity index (χ2v) is 6.19. The minimum absolute atomic E-state index is 0.0423. The van der Waals surface area contributed by atoms with Crippen molar-refractivity contribution in [3.63, 3.8) is 0 Å². The van der Waals surface area contributed by atoms with Crippen LogP contribution in [0.1, 0.15) is 26.4 Å². The Hall–Kier alpha value is -2.71. The average Bonchev–Trinajstić information content (AvgIpc) is 2.92. The van der Waals surface area contributed by atoms with E-state index in [2.05, 4.69) is 20.2 Å². The van der Waals surface area contributed by atoms with Gasteiger partial charge in [-0.25, -0.2) is 14.8 Å². The number of hydrogen-bond donors (Lipinski definition) is 2. The van der Waals surface area contributed by atoms with E-state index >= 15 is 0 Å². The zero-order valence-corrected chi connectivity index (χ0v) is 13.6. The molecule has 0 unspecified atom stereocenters. The first kappa shape index (κ1) is 16.2. The van der Waals surface area contributed by atoms with E-state index in [9.17, 15) is 9.90 Å². The maximum Gasteiger partial charge on any atom is 0.335 e. The summed E-state index contributed by atoms with van der Waals surface area (Å²) >= 11 is 1.41. The number of aliphatic hydroxyl groups excluding tert-OH is 1. The van der Waals surface area contributed by atoms with Crippen molar-refractivity contribution in [2.45, 2.75) is 20.1 Å². The summed E-state index contributed by atoms with van der Waals surface area (Å²) in [6, 6.07) is 6.48. The highest BCUT2D eigenvalue weighted by Crippen LogP contribution is 2.34. The standard InChI is InChI=1S/C16H14N4O3S/c1-9-12(7-21)24-14-13(9)17-8-18-15(14)20-19-6-10-2-4-11(5-3-10)16(22)23/h2-5,8,21H,6-7H2,1H3,(H,22,23). The highest BCUT2D eigenvalue weighted by atomic mass is 32.1. The third-order valence-electron chi connectivity index (χ3n) is 3.55. The van der Waals surface area contributed by atoms with Crippen molar-refractivity contribution >= 4 is 33.3 Å². The molecule has 0 atom stereocenters. The molecule has 0 bridgehead atoms. The average molecular weight is 342 g/mol. The van der Waals surface area contributed by atoms with Crippen molar-refractivity contribution in [3.8, 4) is 0 Å². The number of fused-ring (bicyclic) bond motifs is 1. The normalized spacial score (nSPS) is 11.4. The van der Waals surface area contributed by atoms with Crippen molar-refractivity contribution in [2.24, 2.45) is 10.2 Å². The Bertz CT molecular complexity index is 919. The zero-order valence-electron chi connectivity index (χ0n) is 12.8. The molecule has 8 heteroatoms. The molecule has 24 heavy (non-hydrogen) atoms.